The van der Waals surface area contributed by atoms with E-state index in [2.05, 4.69) is 13.8 Å². The summed E-state index contributed by atoms with van der Waals surface area (Å²) < 4.78 is 14.0. The molecule has 0 aromatic rings. The average molecular weight is 189 g/mol. The van der Waals surface area contributed by atoms with E-state index >= 15 is 0 Å². The van der Waals surface area contributed by atoms with Gasteiger partial charge in [0.1, 0.15) is 5.67 Å². The third-order valence-corrected chi connectivity index (χ3v) is 2.56. The predicted molar refractivity (Wildman–Crippen MR) is 56.5 cm³/mol. The third kappa shape index (κ3) is 5.25. The van der Waals surface area contributed by atoms with Gasteiger partial charge < -0.3 is 5.73 Å². The molecule has 0 aromatic heterocycles. The largest absolute Gasteiger partial charge is 0.328 e. The van der Waals surface area contributed by atoms with Crippen molar-refractivity contribution in [1.82, 2.24) is 0 Å². The quantitative estimate of drug-likeness (QED) is 0.653. The van der Waals surface area contributed by atoms with Gasteiger partial charge in [0.25, 0.3) is 0 Å². The molecule has 0 radical (unpaired) electrons. The maximum Gasteiger partial charge on any atom is 0.123 e. The minimum absolute atomic E-state index is 0.175. The molecule has 0 aromatic carbocycles. The Morgan fingerprint density at radius 1 is 1.31 bits per heavy atom. The van der Waals surface area contributed by atoms with Gasteiger partial charge in [-0.2, -0.15) is 0 Å². The Morgan fingerprint density at radius 3 is 2.31 bits per heavy atom. The maximum atomic E-state index is 14.0. The number of rotatable bonds is 7. The van der Waals surface area contributed by atoms with Crippen LogP contribution in [0.5, 0.6) is 0 Å². The van der Waals surface area contributed by atoms with Gasteiger partial charge in [-0.3, -0.25) is 0 Å². The van der Waals surface area contributed by atoms with Crippen LogP contribution in [0.3, 0.4) is 0 Å². The van der Waals surface area contributed by atoms with Crippen molar-refractivity contribution in [3.63, 3.8) is 0 Å². The number of halogens is 1. The molecule has 0 fully saturated rings. The molecule has 0 rings (SSSR count). The Kier molecular flexibility index (Phi) is 6.31. The van der Waals surface area contributed by atoms with Crippen LogP contribution in [0.15, 0.2) is 0 Å². The van der Waals surface area contributed by atoms with E-state index in [0.29, 0.717) is 18.8 Å². The van der Waals surface area contributed by atoms with E-state index in [1.165, 1.54) is 0 Å². The molecule has 0 heterocycles. The zero-order valence-corrected chi connectivity index (χ0v) is 9.28. The second kappa shape index (κ2) is 6.36. The van der Waals surface area contributed by atoms with Crippen molar-refractivity contribution in [3.05, 3.63) is 0 Å². The van der Waals surface area contributed by atoms with Crippen molar-refractivity contribution >= 4 is 0 Å². The van der Waals surface area contributed by atoms with Crippen molar-refractivity contribution < 1.29 is 4.39 Å². The summed E-state index contributed by atoms with van der Waals surface area (Å²) in [5.41, 5.74) is 4.35. The lowest BCUT2D eigenvalue weighted by Gasteiger charge is -2.26. The monoisotopic (exact) mass is 189 g/mol. The smallest absolute Gasteiger partial charge is 0.123 e. The first-order valence-corrected chi connectivity index (χ1v) is 5.47. The summed E-state index contributed by atoms with van der Waals surface area (Å²) in [4.78, 5) is 0. The summed E-state index contributed by atoms with van der Waals surface area (Å²) in [5, 5.41) is 0. The fourth-order valence-electron chi connectivity index (χ4n) is 1.95. The van der Waals surface area contributed by atoms with Gasteiger partial charge >= 0.3 is 0 Å². The van der Waals surface area contributed by atoms with Gasteiger partial charge in [-0.05, 0) is 18.8 Å². The van der Waals surface area contributed by atoms with Gasteiger partial charge in [-0.25, -0.2) is 4.39 Å². The SMILES string of the molecule is CCCC(C)CC(F)(CN)CCC. The molecule has 0 spiro atoms. The van der Waals surface area contributed by atoms with Crippen LogP contribution < -0.4 is 5.73 Å². The fourth-order valence-corrected chi connectivity index (χ4v) is 1.95. The first-order valence-electron chi connectivity index (χ1n) is 5.47. The molecule has 13 heavy (non-hydrogen) atoms. The van der Waals surface area contributed by atoms with Crippen LogP contribution in [-0.2, 0) is 0 Å². The first-order chi connectivity index (χ1) is 6.08. The van der Waals surface area contributed by atoms with Crippen LogP contribution in [0, 0.1) is 5.92 Å². The summed E-state index contributed by atoms with van der Waals surface area (Å²) >= 11 is 0. The van der Waals surface area contributed by atoms with Gasteiger partial charge in [-0.1, -0.05) is 40.0 Å². The minimum atomic E-state index is -1.11. The molecule has 1 nitrogen and oxygen atoms in total. The van der Waals surface area contributed by atoms with Crippen molar-refractivity contribution in [1.29, 1.82) is 0 Å². The zero-order valence-electron chi connectivity index (χ0n) is 9.28. The maximum absolute atomic E-state index is 14.0. The van der Waals surface area contributed by atoms with E-state index in [1.807, 2.05) is 6.92 Å². The van der Waals surface area contributed by atoms with Crippen LogP contribution >= 0.6 is 0 Å². The molecular weight excluding hydrogens is 165 g/mol. The minimum Gasteiger partial charge on any atom is -0.328 e. The highest BCUT2D eigenvalue weighted by Crippen LogP contribution is 2.27. The molecule has 2 heteroatoms. The van der Waals surface area contributed by atoms with Gasteiger partial charge in [0.05, 0.1) is 0 Å². The van der Waals surface area contributed by atoms with Crippen molar-refractivity contribution in [2.75, 3.05) is 6.54 Å². The van der Waals surface area contributed by atoms with Crippen LogP contribution in [0.25, 0.3) is 0 Å². The first kappa shape index (κ1) is 12.9. The zero-order chi connectivity index (χ0) is 10.3. The molecule has 0 aliphatic carbocycles. The topological polar surface area (TPSA) is 26.0 Å². The third-order valence-electron chi connectivity index (χ3n) is 2.56. The Hall–Kier alpha value is -0.110. The second-order valence-corrected chi connectivity index (χ2v) is 4.20. The second-order valence-electron chi connectivity index (χ2n) is 4.20. The van der Waals surface area contributed by atoms with Gasteiger partial charge in [-0.15, -0.1) is 0 Å². The van der Waals surface area contributed by atoms with Gasteiger partial charge in [0.2, 0.25) is 0 Å². The summed E-state index contributed by atoms with van der Waals surface area (Å²) in [6.45, 7) is 6.44. The van der Waals surface area contributed by atoms with Gasteiger partial charge in [0.15, 0.2) is 0 Å². The van der Waals surface area contributed by atoms with E-state index in [-0.39, 0.29) is 6.54 Å². The highest BCUT2D eigenvalue weighted by molar-refractivity contribution is 4.81. The average Bonchev–Trinajstić information content (AvgIpc) is 2.05. The molecule has 2 N–H and O–H groups in total. The molecule has 0 saturated heterocycles. The fraction of sp³-hybridized carbons (Fsp3) is 1.00. The number of hydrogen-bond donors (Lipinski definition) is 1. The van der Waals surface area contributed by atoms with Crippen molar-refractivity contribution in [2.24, 2.45) is 11.7 Å². The molecule has 80 valence electrons. The molecule has 0 amide bonds. The van der Waals surface area contributed by atoms with E-state index in [0.717, 1.165) is 19.3 Å². The number of hydrogen-bond acceptors (Lipinski definition) is 1. The lowest BCUT2D eigenvalue weighted by Crippen LogP contribution is -2.34. The van der Waals surface area contributed by atoms with E-state index in [9.17, 15) is 4.39 Å². The predicted octanol–water partition coefficient (Wildman–Crippen LogP) is 3.28. The standard InChI is InChI=1S/C11H24FN/c1-4-6-10(3)8-11(12,9-13)7-5-2/h10H,4-9,13H2,1-3H3. The molecule has 0 aliphatic heterocycles. The Morgan fingerprint density at radius 2 is 1.92 bits per heavy atom. The van der Waals surface area contributed by atoms with E-state index in [4.69, 9.17) is 5.73 Å². The highest BCUT2D eigenvalue weighted by Gasteiger charge is 2.28. The van der Waals surface area contributed by atoms with Crippen molar-refractivity contribution in [2.45, 2.75) is 58.5 Å². The van der Waals surface area contributed by atoms with Crippen LogP contribution in [0.4, 0.5) is 4.39 Å². The molecule has 0 aliphatic rings. The highest BCUT2D eigenvalue weighted by atomic mass is 19.1. The normalized spacial score (nSPS) is 18.2. The summed E-state index contributed by atoms with van der Waals surface area (Å²) in [6, 6.07) is 0. The van der Waals surface area contributed by atoms with Gasteiger partial charge in [0, 0.05) is 6.54 Å². The van der Waals surface area contributed by atoms with Crippen LogP contribution in [0.2, 0.25) is 0 Å². The Bertz CT molecular complexity index is 127. The lowest BCUT2D eigenvalue weighted by molar-refractivity contribution is 0.120. The summed E-state index contributed by atoms with van der Waals surface area (Å²) in [5.74, 6) is 0.463. The lowest BCUT2D eigenvalue weighted by atomic mass is 9.87. The molecule has 2 unspecified atom stereocenters. The summed E-state index contributed by atoms with van der Waals surface area (Å²) in [7, 11) is 0. The molecule has 2 atom stereocenters. The van der Waals surface area contributed by atoms with Crippen molar-refractivity contribution in [3.8, 4) is 0 Å². The van der Waals surface area contributed by atoms with Crippen LogP contribution in [0.1, 0.15) is 52.9 Å². The Balaban J connectivity index is 3.93. The molecule has 0 bridgehead atoms. The van der Waals surface area contributed by atoms with Crippen LogP contribution in [-0.4, -0.2) is 12.2 Å². The number of nitrogens with two attached hydrogens (primary N) is 1. The van der Waals surface area contributed by atoms with E-state index in [1.54, 1.807) is 0 Å². The summed E-state index contributed by atoms with van der Waals surface area (Å²) in [6.07, 6.45) is 4.36. The van der Waals surface area contributed by atoms with E-state index < -0.39 is 5.67 Å². The molecular formula is C11H24FN. The molecule has 0 saturated carbocycles. The number of alkyl halides is 1. The Labute approximate surface area is 81.9 Å².